The number of pyridine rings is 1. The van der Waals surface area contributed by atoms with Crippen LogP contribution in [0.25, 0.3) is 27.7 Å². The van der Waals surface area contributed by atoms with E-state index in [4.69, 9.17) is 5.73 Å². The topological polar surface area (TPSA) is 89.9 Å². The van der Waals surface area contributed by atoms with Gasteiger partial charge in [-0.15, -0.1) is 11.3 Å². The Balaban J connectivity index is 1.93. The zero-order valence-electron chi connectivity index (χ0n) is 12.7. The molecule has 6 nitrogen and oxygen atoms in total. The Bertz CT molecular complexity index is 898. The molecule has 24 heavy (non-hydrogen) atoms. The van der Waals surface area contributed by atoms with E-state index in [-0.39, 0.29) is 0 Å². The van der Waals surface area contributed by atoms with Crippen LogP contribution in [0.5, 0.6) is 0 Å². The van der Waals surface area contributed by atoms with Gasteiger partial charge >= 0.3 is 0 Å². The molecule has 3 aromatic heterocycles. The number of nitrogens with two attached hydrogens (primary N) is 1. The van der Waals surface area contributed by atoms with Gasteiger partial charge in [0.05, 0.1) is 10.6 Å². The summed E-state index contributed by atoms with van der Waals surface area (Å²) >= 11 is 1.48. The van der Waals surface area contributed by atoms with Gasteiger partial charge in [-0.05, 0) is 18.2 Å². The number of hydrogen-bond acceptors (Lipinski definition) is 7. The fraction of sp³-hybridized carbons (Fsp3) is 0. The quantitative estimate of drug-likeness (QED) is 0.724. The predicted molar refractivity (Wildman–Crippen MR) is 97.2 cm³/mol. The number of nitrogens with zero attached hydrogens (tertiary/aromatic N) is 5. The smallest absolute Gasteiger partial charge is 0.178 e. The second-order valence-electron chi connectivity index (χ2n) is 4.59. The van der Waals surface area contributed by atoms with E-state index in [0.29, 0.717) is 11.5 Å². The maximum atomic E-state index is 5.64. The molecule has 0 atom stereocenters. The van der Waals surface area contributed by atoms with E-state index in [1.54, 1.807) is 30.9 Å². The van der Waals surface area contributed by atoms with Crippen molar-refractivity contribution in [3.05, 3.63) is 66.8 Å². The Labute approximate surface area is 143 Å². The molecule has 0 spiro atoms. The minimum Gasteiger partial charge on any atom is -0.404 e. The van der Waals surface area contributed by atoms with E-state index in [0.717, 1.165) is 21.2 Å². The SMILES string of the molecule is C=C/N=C\C(=C/N)c1ncc(-c2cccc(-c3ncccn3)n2)s1. The first kappa shape index (κ1) is 15.7. The van der Waals surface area contributed by atoms with Crippen LogP contribution in [0.2, 0.25) is 0 Å². The van der Waals surface area contributed by atoms with Gasteiger partial charge in [0.2, 0.25) is 0 Å². The number of allylic oxidation sites excluding steroid dienone is 1. The maximum Gasteiger partial charge on any atom is 0.178 e. The van der Waals surface area contributed by atoms with Gasteiger partial charge in [-0.3, -0.25) is 4.99 Å². The first-order valence-corrected chi connectivity index (χ1v) is 7.90. The molecule has 0 bridgehead atoms. The highest BCUT2D eigenvalue weighted by Gasteiger charge is 2.10. The lowest BCUT2D eigenvalue weighted by Gasteiger charge is -2.01. The molecule has 3 aromatic rings. The van der Waals surface area contributed by atoms with Gasteiger partial charge in [-0.1, -0.05) is 12.6 Å². The van der Waals surface area contributed by atoms with Crippen molar-refractivity contribution in [3.63, 3.8) is 0 Å². The van der Waals surface area contributed by atoms with Crippen molar-refractivity contribution < 1.29 is 0 Å². The van der Waals surface area contributed by atoms with E-state index in [9.17, 15) is 0 Å². The van der Waals surface area contributed by atoms with E-state index < -0.39 is 0 Å². The molecule has 0 aliphatic heterocycles. The summed E-state index contributed by atoms with van der Waals surface area (Å²) < 4.78 is 0. The van der Waals surface area contributed by atoms with Gasteiger partial charge in [0.25, 0.3) is 0 Å². The highest BCUT2D eigenvalue weighted by molar-refractivity contribution is 7.16. The molecule has 3 heterocycles. The summed E-state index contributed by atoms with van der Waals surface area (Å²) in [6, 6.07) is 7.50. The summed E-state index contributed by atoms with van der Waals surface area (Å²) in [6.07, 6.45) is 9.69. The van der Waals surface area contributed by atoms with Crippen LogP contribution in [-0.4, -0.2) is 26.2 Å². The minimum absolute atomic E-state index is 0.588. The molecule has 0 saturated heterocycles. The standard InChI is InChI=1S/C17H14N6S/c1-2-19-10-12(9-18)17-22-11-15(24-17)13-5-3-6-14(23-13)16-20-7-4-8-21-16/h2-11H,1,18H2/b12-9+,19-10-. The maximum absolute atomic E-state index is 5.64. The average molecular weight is 334 g/mol. The van der Waals surface area contributed by atoms with Crippen molar-refractivity contribution in [1.29, 1.82) is 0 Å². The van der Waals surface area contributed by atoms with Crippen LogP contribution in [-0.2, 0) is 0 Å². The molecule has 118 valence electrons. The predicted octanol–water partition coefficient (Wildman–Crippen LogP) is 3.18. The molecule has 2 N–H and O–H groups in total. The van der Waals surface area contributed by atoms with Crippen molar-refractivity contribution in [1.82, 2.24) is 19.9 Å². The number of aromatic nitrogens is 4. The first-order chi connectivity index (χ1) is 11.8. The molecular formula is C17H14N6S. The number of aliphatic imine (C=N–C) groups is 1. The van der Waals surface area contributed by atoms with Crippen molar-refractivity contribution in [2.45, 2.75) is 0 Å². The average Bonchev–Trinajstić information content (AvgIpc) is 3.13. The Hall–Kier alpha value is -3.19. The summed E-state index contributed by atoms with van der Waals surface area (Å²) in [5, 5.41) is 0.765. The minimum atomic E-state index is 0.588. The van der Waals surface area contributed by atoms with Gasteiger partial charge < -0.3 is 5.73 Å². The van der Waals surface area contributed by atoms with E-state index >= 15 is 0 Å². The summed E-state index contributed by atoms with van der Waals surface area (Å²) in [5.74, 6) is 0.588. The van der Waals surface area contributed by atoms with Gasteiger partial charge in [-0.2, -0.15) is 0 Å². The lowest BCUT2D eigenvalue weighted by Crippen LogP contribution is -1.91. The largest absolute Gasteiger partial charge is 0.404 e. The molecule has 0 unspecified atom stereocenters. The molecule has 0 aliphatic rings. The van der Waals surface area contributed by atoms with Crippen LogP contribution in [0.1, 0.15) is 5.01 Å². The Morgan fingerprint density at radius 1 is 1.12 bits per heavy atom. The van der Waals surface area contributed by atoms with Crippen LogP contribution in [0.3, 0.4) is 0 Å². The van der Waals surface area contributed by atoms with Crippen molar-refractivity contribution >= 4 is 23.1 Å². The molecule has 7 heteroatoms. The van der Waals surface area contributed by atoms with E-state index in [1.165, 1.54) is 23.7 Å². The highest BCUT2D eigenvalue weighted by atomic mass is 32.1. The highest BCUT2D eigenvalue weighted by Crippen LogP contribution is 2.28. The van der Waals surface area contributed by atoms with Crippen LogP contribution in [0.15, 0.2) is 66.8 Å². The van der Waals surface area contributed by atoms with Crippen LogP contribution in [0, 0.1) is 0 Å². The molecule has 0 fully saturated rings. The third kappa shape index (κ3) is 3.41. The third-order valence-corrected chi connectivity index (χ3v) is 4.12. The summed E-state index contributed by atoms with van der Waals surface area (Å²) in [4.78, 5) is 22.4. The zero-order valence-corrected chi connectivity index (χ0v) is 13.5. The zero-order chi connectivity index (χ0) is 16.8. The van der Waals surface area contributed by atoms with Gasteiger partial charge in [0, 0.05) is 42.8 Å². The lowest BCUT2D eigenvalue weighted by molar-refractivity contribution is 1.14. The second-order valence-corrected chi connectivity index (χ2v) is 5.62. The number of thiazole rings is 1. The van der Waals surface area contributed by atoms with E-state index in [1.807, 2.05) is 18.2 Å². The molecule has 0 radical (unpaired) electrons. The van der Waals surface area contributed by atoms with Crippen LogP contribution >= 0.6 is 11.3 Å². The molecule has 0 amide bonds. The molecular weight excluding hydrogens is 320 g/mol. The first-order valence-electron chi connectivity index (χ1n) is 7.09. The van der Waals surface area contributed by atoms with Gasteiger partial charge in [0.15, 0.2) is 5.82 Å². The van der Waals surface area contributed by atoms with Crippen LogP contribution < -0.4 is 5.73 Å². The van der Waals surface area contributed by atoms with E-state index in [2.05, 4.69) is 31.5 Å². The number of rotatable bonds is 5. The van der Waals surface area contributed by atoms with Crippen molar-refractivity contribution in [2.24, 2.45) is 10.7 Å². The second kappa shape index (κ2) is 7.38. The van der Waals surface area contributed by atoms with Gasteiger partial charge in [0.1, 0.15) is 10.7 Å². The summed E-state index contributed by atoms with van der Waals surface area (Å²) in [6.45, 7) is 3.55. The molecule has 0 aromatic carbocycles. The molecule has 0 saturated carbocycles. The van der Waals surface area contributed by atoms with Crippen LogP contribution in [0.4, 0.5) is 0 Å². The monoisotopic (exact) mass is 334 g/mol. The third-order valence-electron chi connectivity index (χ3n) is 3.05. The summed E-state index contributed by atoms with van der Waals surface area (Å²) in [5.41, 5.74) is 7.89. The van der Waals surface area contributed by atoms with Crippen molar-refractivity contribution in [2.75, 3.05) is 0 Å². The lowest BCUT2D eigenvalue weighted by atomic mass is 10.2. The Morgan fingerprint density at radius 3 is 2.67 bits per heavy atom. The fourth-order valence-corrected chi connectivity index (χ4v) is 2.83. The fourth-order valence-electron chi connectivity index (χ4n) is 1.96. The molecule has 3 rings (SSSR count). The number of hydrogen-bond donors (Lipinski definition) is 1. The van der Waals surface area contributed by atoms with Gasteiger partial charge in [-0.25, -0.2) is 19.9 Å². The molecule has 0 aliphatic carbocycles. The van der Waals surface area contributed by atoms with Crippen molar-refractivity contribution in [3.8, 4) is 22.1 Å². The summed E-state index contributed by atoms with van der Waals surface area (Å²) in [7, 11) is 0. The Morgan fingerprint density at radius 2 is 1.92 bits per heavy atom. The Kier molecular flexibility index (Phi) is 4.83. The normalized spacial score (nSPS) is 11.8.